The van der Waals surface area contributed by atoms with E-state index in [4.69, 9.17) is 4.74 Å². The van der Waals surface area contributed by atoms with Gasteiger partial charge in [0.1, 0.15) is 24.0 Å². The molecule has 3 aromatic rings. The highest BCUT2D eigenvalue weighted by atomic mass is 16.6. The molecule has 0 saturated carbocycles. The molecule has 0 aromatic heterocycles. The third-order valence-corrected chi connectivity index (χ3v) is 4.75. The number of aliphatic hydroxyl groups is 1. The number of hydrogen-bond acceptors (Lipinski definition) is 6. The van der Waals surface area contributed by atoms with Crippen molar-refractivity contribution in [2.45, 2.75) is 6.10 Å². The molecule has 0 saturated heterocycles. The van der Waals surface area contributed by atoms with Crippen molar-refractivity contribution in [3.63, 3.8) is 0 Å². The van der Waals surface area contributed by atoms with E-state index in [1.807, 2.05) is 36.4 Å². The number of hydrogen-bond donors (Lipinski definition) is 1. The molecule has 1 heterocycles. The number of carbonyl (C=O) groups is 2. The van der Waals surface area contributed by atoms with Crippen molar-refractivity contribution >= 4 is 28.3 Å². The summed E-state index contributed by atoms with van der Waals surface area (Å²) in [5.74, 6) is -0.889. The normalized spacial score (nSPS) is 14.2. The van der Waals surface area contributed by atoms with E-state index in [2.05, 4.69) is 0 Å². The zero-order valence-corrected chi connectivity index (χ0v) is 15.1. The number of nitro groups is 1. The van der Waals surface area contributed by atoms with E-state index < -0.39 is 28.5 Å². The number of fused-ring (bicyclic) bond motifs is 2. The molecule has 3 aromatic carbocycles. The average molecular weight is 392 g/mol. The van der Waals surface area contributed by atoms with Crippen LogP contribution >= 0.6 is 0 Å². The average Bonchev–Trinajstić information content (AvgIpc) is 2.97. The molecule has 1 atom stereocenters. The zero-order chi connectivity index (χ0) is 20.5. The number of nitro benzene ring substituents is 1. The molecule has 0 fully saturated rings. The number of nitrogens with zero attached hydrogens (tertiary/aromatic N) is 2. The zero-order valence-electron chi connectivity index (χ0n) is 15.1. The van der Waals surface area contributed by atoms with Crippen LogP contribution in [0.4, 0.5) is 5.69 Å². The van der Waals surface area contributed by atoms with Crippen LogP contribution in [-0.4, -0.2) is 46.0 Å². The number of amides is 2. The first-order chi connectivity index (χ1) is 14.0. The van der Waals surface area contributed by atoms with Crippen LogP contribution in [0.15, 0.2) is 60.7 Å². The van der Waals surface area contributed by atoms with Crippen LogP contribution in [0.2, 0.25) is 0 Å². The topological polar surface area (TPSA) is 110 Å². The fourth-order valence-corrected chi connectivity index (χ4v) is 3.40. The molecule has 4 rings (SSSR count). The summed E-state index contributed by atoms with van der Waals surface area (Å²) in [5, 5.41) is 23.3. The van der Waals surface area contributed by atoms with E-state index in [1.54, 1.807) is 6.07 Å². The lowest BCUT2D eigenvalue weighted by molar-refractivity contribution is -0.385. The SMILES string of the molecule is O=C1c2cccc([N+](=O)[O-])c2C(=O)N1C[C@@H](O)COc1cccc2ccccc12. The maximum Gasteiger partial charge on any atom is 0.282 e. The highest BCUT2D eigenvalue weighted by molar-refractivity contribution is 6.23. The van der Waals surface area contributed by atoms with Gasteiger partial charge in [-0.05, 0) is 17.5 Å². The van der Waals surface area contributed by atoms with Crippen molar-refractivity contribution in [1.82, 2.24) is 4.90 Å². The minimum atomic E-state index is -1.16. The van der Waals surface area contributed by atoms with Crippen LogP contribution in [0.5, 0.6) is 5.75 Å². The van der Waals surface area contributed by atoms with Gasteiger partial charge >= 0.3 is 0 Å². The number of β-amino-alcohol motifs (C(OH)–C–C–N with tert-alkyl or cyclic N) is 1. The lowest BCUT2D eigenvalue weighted by Gasteiger charge is -2.19. The summed E-state index contributed by atoms with van der Waals surface area (Å²) in [7, 11) is 0. The van der Waals surface area contributed by atoms with Crippen molar-refractivity contribution in [3.8, 4) is 5.75 Å². The van der Waals surface area contributed by atoms with Crippen molar-refractivity contribution in [2.75, 3.05) is 13.2 Å². The molecular weight excluding hydrogens is 376 g/mol. The lowest BCUT2D eigenvalue weighted by atomic mass is 10.1. The summed E-state index contributed by atoms with van der Waals surface area (Å²) >= 11 is 0. The smallest absolute Gasteiger partial charge is 0.282 e. The van der Waals surface area contributed by atoms with Crippen LogP contribution in [0, 0.1) is 10.1 Å². The Morgan fingerprint density at radius 3 is 2.52 bits per heavy atom. The standard InChI is InChI=1S/C21H16N2O6/c24-14(12-29-18-10-3-6-13-5-1-2-7-15(13)18)11-22-20(25)16-8-4-9-17(23(27)28)19(16)21(22)26/h1-10,14,24H,11-12H2/t14-/m1/s1. The predicted octanol–water partition coefficient (Wildman–Crippen LogP) is 2.78. The molecule has 0 spiro atoms. The molecule has 8 nitrogen and oxygen atoms in total. The first kappa shape index (κ1) is 18.6. The Kier molecular flexibility index (Phi) is 4.69. The Labute approximate surface area is 165 Å². The van der Waals surface area contributed by atoms with Crippen LogP contribution in [-0.2, 0) is 0 Å². The number of imide groups is 1. The molecule has 146 valence electrons. The first-order valence-corrected chi connectivity index (χ1v) is 8.89. The fourth-order valence-electron chi connectivity index (χ4n) is 3.40. The van der Waals surface area contributed by atoms with Gasteiger partial charge in [-0.15, -0.1) is 0 Å². The summed E-state index contributed by atoms with van der Waals surface area (Å²) in [6, 6.07) is 17.0. The Bertz CT molecular complexity index is 1140. The number of ether oxygens (including phenoxy) is 1. The molecule has 29 heavy (non-hydrogen) atoms. The highest BCUT2D eigenvalue weighted by Crippen LogP contribution is 2.31. The summed E-state index contributed by atoms with van der Waals surface area (Å²) < 4.78 is 5.69. The van der Waals surface area contributed by atoms with Gasteiger partial charge in [-0.2, -0.15) is 0 Å². The van der Waals surface area contributed by atoms with E-state index in [1.165, 1.54) is 18.2 Å². The summed E-state index contributed by atoms with van der Waals surface area (Å²) in [6.07, 6.45) is -1.16. The van der Waals surface area contributed by atoms with Crippen molar-refractivity contribution in [1.29, 1.82) is 0 Å². The van der Waals surface area contributed by atoms with E-state index in [0.29, 0.717) is 5.75 Å². The molecule has 8 heteroatoms. The van der Waals surface area contributed by atoms with Gasteiger partial charge in [-0.25, -0.2) is 0 Å². The number of benzene rings is 3. The van der Waals surface area contributed by atoms with Gasteiger partial charge in [-0.3, -0.25) is 24.6 Å². The lowest BCUT2D eigenvalue weighted by Crippen LogP contribution is -2.39. The number of rotatable bonds is 6. The second-order valence-electron chi connectivity index (χ2n) is 6.62. The van der Waals surface area contributed by atoms with E-state index in [-0.39, 0.29) is 24.3 Å². The Morgan fingerprint density at radius 2 is 1.72 bits per heavy atom. The van der Waals surface area contributed by atoms with E-state index >= 15 is 0 Å². The van der Waals surface area contributed by atoms with Crippen LogP contribution in [0.3, 0.4) is 0 Å². The molecule has 0 unspecified atom stereocenters. The van der Waals surface area contributed by atoms with Crippen LogP contribution in [0.1, 0.15) is 20.7 Å². The molecule has 1 aliphatic rings. The van der Waals surface area contributed by atoms with Gasteiger partial charge in [0.05, 0.1) is 17.0 Å². The van der Waals surface area contributed by atoms with Gasteiger partial charge < -0.3 is 9.84 Å². The van der Waals surface area contributed by atoms with Crippen molar-refractivity contribution in [2.24, 2.45) is 0 Å². The maximum absolute atomic E-state index is 12.6. The van der Waals surface area contributed by atoms with Crippen LogP contribution < -0.4 is 4.74 Å². The predicted molar refractivity (Wildman–Crippen MR) is 104 cm³/mol. The van der Waals surface area contributed by atoms with Crippen molar-refractivity contribution < 1.29 is 24.4 Å². The second-order valence-corrected chi connectivity index (χ2v) is 6.62. The Balaban J connectivity index is 1.48. The molecular formula is C21H16N2O6. The molecule has 0 aliphatic carbocycles. The minimum absolute atomic E-state index is 0.0358. The fraction of sp³-hybridized carbons (Fsp3) is 0.143. The highest BCUT2D eigenvalue weighted by Gasteiger charge is 2.41. The molecule has 2 amide bonds. The van der Waals surface area contributed by atoms with Crippen molar-refractivity contribution in [3.05, 3.63) is 81.9 Å². The molecule has 0 radical (unpaired) electrons. The second kappa shape index (κ2) is 7.33. The summed E-state index contributed by atoms with van der Waals surface area (Å²) in [5.41, 5.74) is -0.708. The molecule has 1 N–H and O–H groups in total. The monoisotopic (exact) mass is 392 g/mol. The van der Waals surface area contributed by atoms with Crippen LogP contribution in [0.25, 0.3) is 10.8 Å². The Hall–Kier alpha value is -3.78. The quantitative estimate of drug-likeness (QED) is 0.392. The van der Waals surface area contributed by atoms with Gasteiger partial charge in [-0.1, -0.05) is 42.5 Å². The van der Waals surface area contributed by atoms with E-state index in [0.717, 1.165) is 15.7 Å². The minimum Gasteiger partial charge on any atom is -0.490 e. The van der Waals surface area contributed by atoms with Gasteiger partial charge in [0.25, 0.3) is 17.5 Å². The first-order valence-electron chi connectivity index (χ1n) is 8.89. The Morgan fingerprint density at radius 1 is 1.00 bits per heavy atom. The molecule has 0 bridgehead atoms. The molecule has 1 aliphatic heterocycles. The summed E-state index contributed by atoms with van der Waals surface area (Å²) in [6.45, 7) is -0.474. The van der Waals surface area contributed by atoms with Gasteiger partial charge in [0, 0.05) is 11.5 Å². The summed E-state index contributed by atoms with van der Waals surface area (Å²) in [4.78, 5) is 36.3. The third-order valence-electron chi connectivity index (χ3n) is 4.75. The van der Waals surface area contributed by atoms with E-state index in [9.17, 15) is 24.8 Å². The third kappa shape index (κ3) is 3.30. The maximum atomic E-state index is 12.6. The number of carbonyl (C=O) groups excluding carboxylic acids is 2. The number of aliphatic hydroxyl groups excluding tert-OH is 1. The van der Waals surface area contributed by atoms with Gasteiger partial charge in [0.2, 0.25) is 0 Å². The largest absolute Gasteiger partial charge is 0.490 e. The van der Waals surface area contributed by atoms with Gasteiger partial charge in [0.15, 0.2) is 0 Å².